The first-order valence-electron chi connectivity index (χ1n) is 4.67. The normalized spacial score (nSPS) is 13.3. The summed E-state index contributed by atoms with van der Waals surface area (Å²) >= 11 is 6.63. The first-order valence-corrected chi connectivity index (χ1v) is 7.34. The Morgan fingerprint density at radius 2 is 2.31 bits per heavy atom. The zero-order chi connectivity index (χ0) is 12.2. The minimum absolute atomic E-state index is 0.133. The summed E-state index contributed by atoms with van der Waals surface area (Å²) in [6.45, 7) is 1.89. The summed E-state index contributed by atoms with van der Waals surface area (Å²) in [5, 5.41) is 8.77. The zero-order valence-electron chi connectivity index (χ0n) is 8.60. The van der Waals surface area contributed by atoms with E-state index in [-0.39, 0.29) is 4.21 Å². The van der Waals surface area contributed by atoms with Gasteiger partial charge in [0.25, 0.3) is 10.0 Å². The van der Waals surface area contributed by atoms with Gasteiger partial charge >= 0.3 is 0 Å². The number of nitrogens with zero attached hydrogens (tertiary/aromatic N) is 1. The predicted octanol–water partition coefficient (Wildman–Crippen LogP) is 2.37. The molecule has 0 amide bonds. The highest BCUT2D eigenvalue weighted by atomic mass is 35.5. The van der Waals surface area contributed by atoms with E-state index in [1.165, 1.54) is 12.1 Å². The van der Waals surface area contributed by atoms with Crippen LogP contribution in [0.3, 0.4) is 0 Å². The van der Waals surface area contributed by atoms with Crippen LogP contribution < -0.4 is 4.72 Å². The van der Waals surface area contributed by atoms with Crippen molar-refractivity contribution < 1.29 is 8.42 Å². The minimum atomic E-state index is -3.61. The Bertz CT molecular complexity index is 490. The molecule has 0 aliphatic carbocycles. The lowest BCUT2D eigenvalue weighted by Crippen LogP contribution is -2.33. The van der Waals surface area contributed by atoms with Gasteiger partial charge in [-0.3, -0.25) is 0 Å². The molecule has 0 aliphatic rings. The second-order valence-corrected chi connectivity index (χ2v) is 6.81. The molecule has 0 saturated heterocycles. The van der Waals surface area contributed by atoms with Crippen LogP contribution in [0.1, 0.15) is 19.8 Å². The zero-order valence-corrected chi connectivity index (χ0v) is 11.0. The number of hydrogen-bond acceptors (Lipinski definition) is 4. The molecule has 0 aromatic carbocycles. The average molecular weight is 279 g/mol. The molecule has 1 aromatic rings. The number of rotatable bonds is 5. The minimum Gasteiger partial charge on any atom is -0.206 e. The fourth-order valence-electron chi connectivity index (χ4n) is 1.13. The predicted molar refractivity (Wildman–Crippen MR) is 64.0 cm³/mol. The molecule has 88 valence electrons. The smallest absolute Gasteiger partial charge is 0.206 e. The van der Waals surface area contributed by atoms with Crippen LogP contribution in [0.15, 0.2) is 16.3 Å². The van der Waals surface area contributed by atoms with Gasteiger partial charge in [0.1, 0.15) is 10.3 Å². The highest BCUT2D eigenvalue weighted by molar-refractivity contribution is 7.91. The summed E-state index contributed by atoms with van der Waals surface area (Å²) in [6, 6.07) is 4.17. The molecule has 1 aromatic heterocycles. The van der Waals surface area contributed by atoms with Gasteiger partial charge in [-0.05, 0) is 18.6 Å². The van der Waals surface area contributed by atoms with Gasteiger partial charge in [-0.2, -0.15) is 9.98 Å². The van der Waals surface area contributed by atoms with Crippen LogP contribution in [0, 0.1) is 11.3 Å². The van der Waals surface area contributed by atoms with Gasteiger partial charge in [0.15, 0.2) is 0 Å². The van der Waals surface area contributed by atoms with Gasteiger partial charge in [-0.25, -0.2) is 8.42 Å². The molecule has 0 aliphatic heterocycles. The standard InChI is InChI=1S/C9H11ClN2O2S2/c1-2-3-7(6-11)12-16(13,14)9-5-4-8(10)15-9/h4-5,7,12H,2-3H2,1H3/t7-/m1/s1. The van der Waals surface area contributed by atoms with Crippen molar-refractivity contribution in [3.8, 4) is 6.07 Å². The van der Waals surface area contributed by atoms with Crippen molar-refractivity contribution in [2.45, 2.75) is 30.0 Å². The number of sulfonamides is 1. The highest BCUT2D eigenvalue weighted by Gasteiger charge is 2.20. The molecule has 16 heavy (non-hydrogen) atoms. The number of halogens is 1. The van der Waals surface area contributed by atoms with Crippen molar-refractivity contribution in [3.63, 3.8) is 0 Å². The van der Waals surface area contributed by atoms with E-state index in [9.17, 15) is 8.42 Å². The van der Waals surface area contributed by atoms with Crippen molar-refractivity contribution in [1.29, 1.82) is 5.26 Å². The lowest BCUT2D eigenvalue weighted by Gasteiger charge is -2.09. The Balaban J connectivity index is 2.84. The number of hydrogen-bond donors (Lipinski definition) is 1. The first kappa shape index (κ1) is 13.5. The molecule has 1 N–H and O–H groups in total. The fourth-order valence-corrected chi connectivity index (χ4v) is 3.80. The van der Waals surface area contributed by atoms with Gasteiger partial charge in [0.05, 0.1) is 10.4 Å². The number of thiophene rings is 1. The van der Waals surface area contributed by atoms with Gasteiger partial charge < -0.3 is 0 Å². The topological polar surface area (TPSA) is 70.0 Å². The second-order valence-electron chi connectivity index (χ2n) is 3.15. The molecule has 1 rings (SSSR count). The Labute approximate surface area is 104 Å². The average Bonchev–Trinajstić information content (AvgIpc) is 2.64. The van der Waals surface area contributed by atoms with E-state index >= 15 is 0 Å². The SMILES string of the molecule is CCC[C@H](C#N)NS(=O)(=O)c1ccc(Cl)s1. The van der Waals surface area contributed by atoms with E-state index in [0.29, 0.717) is 10.8 Å². The summed E-state index contributed by atoms with van der Waals surface area (Å²) in [7, 11) is -3.61. The van der Waals surface area contributed by atoms with Crippen LogP contribution in [-0.2, 0) is 10.0 Å². The highest BCUT2D eigenvalue weighted by Crippen LogP contribution is 2.25. The van der Waals surface area contributed by atoms with Gasteiger partial charge in [0, 0.05) is 0 Å². The van der Waals surface area contributed by atoms with Crippen molar-refractivity contribution in [2.75, 3.05) is 0 Å². The molecule has 0 unspecified atom stereocenters. The Kier molecular flexibility index (Phi) is 4.74. The fraction of sp³-hybridized carbons (Fsp3) is 0.444. The maximum absolute atomic E-state index is 11.8. The third-order valence-electron chi connectivity index (χ3n) is 1.84. The van der Waals surface area contributed by atoms with Crippen molar-refractivity contribution >= 4 is 33.0 Å². The van der Waals surface area contributed by atoms with E-state index in [2.05, 4.69) is 4.72 Å². The quantitative estimate of drug-likeness (QED) is 0.899. The van der Waals surface area contributed by atoms with Crippen molar-refractivity contribution in [3.05, 3.63) is 16.5 Å². The van der Waals surface area contributed by atoms with E-state index in [4.69, 9.17) is 16.9 Å². The summed E-state index contributed by atoms with van der Waals surface area (Å²) in [5.41, 5.74) is 0. The van der Waals surface area contributed by atoms with E-state index < -0.39 is 16.1 Å². The Hall–Kier alpha value is -0.610. The largest absolute Gasteiger partial charge is 0.251 e. The molecule has 1 atom stereocenters. The number of nitrogens with one attached hydrogen (secondary N) is 1. The summed E-state index contributed by atoms with van der Waals surface area (Å²) in [5.74, 6) is 0. The molecular formula is C9H11ClN2O2S2. The maximum Gasteiger partial charge on any atom is 0.251 e. The van der Waals surface area contributed by atoms with E-state index in [0.717, 1.165) is 17.8 Å². The maximum atomic E-state index is 11.8. The number of nitriles is 1. The molecule has 4 nitrogen and oxygen atoms in total. The van der Waals surface area contributed by atoms with Gasteiger partial charge in [0.2, 0.25) is 0 Å². The molecule has 0 radical (unpaired) electrons. The molecule has 0 saturated carbocycles. The van der Waals surface area contributed by atoms with Crippen molar-refractivity contribution in [2.24, 2.45) is 0 Å². The molecule has 1 heterocycles. The monoisotopic (exact) mass is 278 g/mol. The van der Waals surface area contributed by atoms with Crippen molar-refractivity contribution in [1.82, 2.24) is 4.72 Å². The van der Waals surface area contributed by atoms with Crippen LogP contribution in [0.5, 0.6) is 0 Å². The van der Waals surface area contributed by atoms with E-state index in [1.54, 1.807) is 0 Å². The Morgan fingerprint density at radius 1 is 1.62 bits per heavy atom. The summed E-state index contributed by atoms with van der Waals surface area (Å²) in [4.78, 5) is 0. The van der Waals surface area contributed by atoms with Crippen LogP contribution in [0.25, 0.3) is 0 Å². The van der Waals surface area contributed by atoms with Crippen LogP contribution in [0.2, 0.25) is 4.34 Å². The van der Waals surface area contributed by atoms with Crippen LogP contribution in [0.4, 0.5) is 0 Å². The van der Waals surface area contributed by atoms with Crippen LogP contribution >= 0.6 is 22.9 Å². The summed E-state index contributed by atoms with van der Waals surface area (Å²) < 4.78 is 26.4. The van der Waals surface area contributed by atoms with Gasteiger partial charge in [-0.15, -0.1) is 11.3 Å². The molecule has 0 fully saturated rings. The lowest BCUT2D eigenvalue weighted by molar-refractivity contribution is 0.565. The second kappa shape index (κ2) is 5.64. The Morgan fingerprint density at radius 3 is 2.75 bits per heavy atom. The molecule has 7 heteroatoms. The molecular weight excluding hydrogens is 268 g/mol. The van der Waals surface area contributed by atoms with Gasteiger partial charge in [-0.1, -0.05) is 24.9 Å². The first-order chi connectivity index (χ1) is 7.49. The third-order valence-corrected chi connectivity index (χ3v) is 5.04. The summed E-state index contributed by atoms with van der Waals surface area (Å²) in [6.07, 6.45) is 1.24. The van der Waals surface area contributed by atoms with E-state index in [1.807, 2.05) is 13.0 Å². The molecule has 0 bridgehead atoms. The lowest BCUT2D eigenvalue weighted by atomic mass is 10.2. The van der Waals surface area contributed by atoms with Crippen LogP contribution in [-0.4, -0.2) is 14.5 Å². The third kappa shape index (κ3) is 3.46. The molecule has 0 spiro atoms.